The first-order chi connectivity index (χ1) is 6.86. The fourth-order valence-corrected chi connectivity index (χ4v) is 1.81. The fourth-order valence-electron chi connectivity index (χ4n) is 1.81. The Kier molecular flexibility index (Phi) is 4.85. The summed E-state index contributed by atoms with van der Waals surface area (Å²) in [6.07, 6.45) is 6.05. The van der Waals surface area contributed by atoms with Gasteiger partial charge in [-0.25, -0.2) is 0 Å². The lowest BCUT2D eigenvalue weighted by Crippen LogP contribution is -2.30. The summed E-state index contributed by atoms with van der Waals surface area (Å²) in [4.78, 5) is 6.37. The number of aromatic nitrogens is 1. The molecule has 0 bridgehead atoms. The summed E-state index contributed by atoms with van der Waals surface area (Å²) in [6, 6.07) is 4.42. The van der Waals surface area contributed by atoms with Gasteiger partial charge in [-0.1, -0.05) is 0 Å². The summed E-state index contributed by atoms with van der Waals surface area (Å²) in [5.74, 6) is 0.868. The molecule has 0 unspecified atom stereocenters. The first-order valence-electron chi connectivity index (χ1n) is 5.09. The van der Waals surface area contributed by atoms with Crippen LogP contribution in [0, 0.1) is 0 Å². The molecule has 1 aromatic rings. The molecule has 84 valence electrons. The van der Waals surface area contributed by atoms with Crippen LogP contribution in [0.3, 0.4) is 0 Å². The van der Waals surface area contributed by atoms with Gasteiger partial charge in [0.25, 0.3) is 0 Å². The molecule has 2 rings (SSSR count). The van der Waals surface area contributed by atoms with Gasteiger partial charge in [0.1, 0.15) is 12.4 Å². The zero-order valence-corrected chi connectivity index (χ0v) is 9.74. The van der Waals surface area contributed by atoms with Crippen molar-refractivity contribution in [3.05, 3.63) is 24.5 Å². The zero-order chi connectivity index (χ0) is 9.80. The van der Waals surface area contributed by atoms with E-state index in [1.807, 2.05) is 12.1 Å². The molecule has 1 aromatic heterocycles. The smallest absolute Gasteiger partial charge is 0.137 e. The van der Waals surface area contributed by atoms with Gasteiger partial charge in [-0.3, -0.25) is 4.98 Å². The van der Waals surface area contributed by atoms with Crippen LogP contribution < -0.4 is 4.74 Å². The van der Waals surface area contributed by atoms with Crippen LogP contribution in [0.1, 0.15) is 12.8 Å². The van der Waals surface area contributed by atoms with E-state index in [1.54, 1.807) is 12.4 Å². The van der Waals surface area contributed by atoms with E-state index in [1.165, 1.54) is 19.4 Å². The van der Waals surface area contributed by atoms with Crippen molar-refractivity contribution in [3.63, 3.8) is 0 Å². The van der Waals surface area contributed by atoms with Gasteiger partial charge in [0.15, 0.2) is 0 Å². The van der Waals surface area contributed by atoms with Gasteiger partial charge in [0, 0.05) is 12.2 Å². The lowest BCUT2D eigenvalue weighted by molar-refractivity contribution is 0.198. The summed E-state index contributed by atoms with van der Waals surface area (Å²) in [5.41, 5.74) is 0. The highest BCUT2D eigenvalue weighted by Gasteiger charge is 2.20. The predicted octanol–water partition coefficient (Wildman–Crippen LogP) is 1.98. The van der Waals surface area contributed by atoms with E-state index in [-0.39, 0.29) is 12.4 Å². The third-order valence-electron chi connectivity index (χ3n) is 2.75. The number of hydrogen-bond donors (Lipinski definition) is 0. The third kappa shape index (κ3) is 3.36. The maximum atomic E-state index is 5.66. The lowest BCUT2D eigenvalue weighted by Gasteiger charge is -2.19. The summed E-state index contributed by atoms with van der Waals surface area (Å²) in [7, 11) is 2.16. The molecule has 1 aliphatic heterocycles. The van der Waals surface area contributed by atoms with Crippen LogP contribution in [0.2, 0.25) is 0 Å². The largest absolute Gasteiger partial charge is 0.490 e. The maximum absolute atomic E-state index is 5.66. The summed E-state index contributed by atoms with van der Waals surface area (Å²) < 4.78 is 5.66. The highest BCUT2D eigenvalue weighted by Crippen LogP contribution is 2.16. The number of likely N-dealkylation sites (N-methyl/N-ethyl adjacent to an activating group) is 1. The Labute approximate surface area is 96.9 Å². The first-order valence-corrected chi connectivity index (χ1v) is 5.09. The Morgan fingerprint density at radius 1 is 1.60 bits per heavy atom. The van der Waals surface area contributed by atoms with E-state index >= 15 is 0 Å². The van der Waals surface area contributed by atoms with Crippen molar-refractivity contribution in [2.45, 2.75) is 18.9 Å². The Balaban J connectivity index is 0.00000112. The van der Waals surface area contributed by atoms with Gasteiger partial charge >= 0.3 is 0 Å². The van der Waals surface area contributed by atoms with E-state index in [0.29, 0.717) is 6.04 Å². The van der Waals surface area contributed by atoms with Crippen molar-refractivity contribution >= 4 is 12.4 Å². The van der Waals surface area contributed by atoms with Crippen molar-refractivity contribution in [2.24, 2.45) is 0 Å². The number of hydrogen-bond acceptors (Lipinski definition) is 3. The van der Waals surface area contributed by atoms with Gasteiger partial charge in [-0.2, -0.15) is 0 Å². The Morgan fingerprint density at radius 3 is 3.07 bits per heavy atom. The molecule has 1 fully saturated rings. The number of halogens is 1. The Bertz CT molecular complexity index is 281. The number of nitrogens with zero attached hydrogens (tertiary/aromatic N) is 2. The molecule has 0 radical (unpaired) electrons. The SMILES string of the molecule is CN1CCC[C@H]1COc1cccnc1.Cl. The van der Waals surface area contributed by atoms with E-state index in [2.05, 4.69) is 16.9 Å². The zero-order valence-electron chi connectivity index (χ0n) is 8.93. The molecular formula is C11H17ClN2O. The van der Waals surface area contributed by atoms with Crippen LogP contribution in [0.25, 0.3) is 0 Å². The van der Waals surface area contributed by atoms with Crippen molar-refractivity contribution < 1.29 is 4.74 Å². The van der Waals surface area contributed by atoms with Crippen LogP contribution >= 0.6 is 12.4 Å². The van der Waals surface area contributed by atoms with Gasteiger partial charge in [0.2, 0.25) is 0 Å². The molecule has 2 heterocycles. The molecular weight excluding hydrogens is 212 g/mol. The standard InChI is InChI=1S/C11H16N2O.ClH/c1-13-7-3-4-10(13)9-14-11-5-2-6-12-8-11;/h2,5-6,8,10H,3-4,7,9H2,1H3;1H/t10-;/m0./s1. The minimum absolute atomic E-state index is 0. The van der Waals surface area contributed by atoms with Crippen molar-refractivity contribution in [1.82, 2.24) is 9.88 Å². The minimum Gasteiger partial charge on any atom is -0.490 e. The van der Waals surface area contributed by atoms with E-state index in [4.69, 9.17) is 4.74 Å². The molecule has 0 aromatic carbocycles. The van der Waals surface area contributed by atoms with Crippen LogP contribution in [0.15, 0.2) is 24.5 Å². The van der Waals surface area contributed by atoms with Crippen LogP contribution in [0.4, 0.5) is 0 Å². The van der Waals surface area contributed by atoms with Gasteiger partial charge in [0.05, 0.1) is 6.20 Å². The van der Waals surface area contributed by atoms with Crippen molar-refractivity contribution in [2.75, 3.05) is 20.2 Å². The quantitative estimate of drug-likeness (QED) is 0.791. The average Bonchev–Trinajstić information content (AvgIpc) is 2.63. The van der Waals surface area contributed by atoms with Crippen molar-refractivity contribution in [3.8, 4) is 5.75 Å². The van der Waals surface area contributed by atoms with Gasteiger partial charge in [-0.05, 0) is 38.6 Å². The molecule has 0 amide bonds. The minimum atomic E-state index is 0. The number of rotatable bonds is 3. The van der Waals surface area contributed by atoms with Gasteiger partial charge < -0.3 is 9.64 Å². The van der Waals surface area contributed by atoms with Crippen molar-refractivity contribution in [1.29, 1.82) is 0 Å². The molecule has 0 N–H and O–H groups in total. The Hall–Kier alpha value is -0.800. The summed E-state index contributed by atoms with van der Waals surface area (Å²) in [6.45, 7) is 1.98. The van der Waals surface area contributed by atoms with Crippen LogP contribution in [-0.2, 0) is 0 Å². The third-order valence-corrected chi connectivity index (χ3v) is 2.75. The highest BCUT2D eigenvalue weighted by molar-refractivity contribution is 5.85. The number of pyridine rings is 1. The first kappa shape index (κ1) is 12.3. The van der Waals surface area contributed by atoms with E-state index in [0.717, 1.165) is 12.4 Å². The monoisotopic (exact) mass is 228 g/mol. The molecule has 1 aliphatic rings. The maximum Gasteiger partial charge on any atom is 0.137 e. The second-order valence-electron chi connectivity index (χ2n) is 3.78. The molecule has 0 aliphatic carbocycles. The molecule has 0 spiro atoms. The van der Waals surface area contributed by atoms with Crippen LogP contribution in [-0.4, -0.2) is 36.1 Å². The van der Waals surface area contributed by atoms with Crippen LogP contribution in [0.5, 0.6) is 5.75 Å². The summed E-state index contributed by atoms with van der Waals surface area (Å²) >= 11 is 0. The second kappa shape index (κ2) is 5.93. The molecule has 1 saturated heterocycles. The normalized spacial score (nSPS) is 21.0. The van der Waals surface area contributed by atoms with Gasteiger partial charge in [-0.15, -0.1) is 12.4 Å². The molecule has 4 heteroatoms. The number of ether oxygens (including phenoxy) is 1. The predicted molar refractivity (Wildman–Crippen MR) is 62.6 cm³/mol. The Morgan fingerprint density at radius 2 is 2.47 bits per heavy atom. The second-order valence-corrected chi connectivity index (χ2v) is 3.78. The van der Waals surface area contributed by atoms with E-state index < -0.39 is 0 Å². The summed E-state index contributed by atoms with van der Waals surface area (Å²) in [5, 5.41) is 0. The van der Waals surface area contributed by atoms with E-state index in [9.17, 15) is 0 Å². The molecule has 15 heavy (non-hydrogen) atoms. The molecule has 0 saturated carbocycles. The fraction of sp³-hybridized carbons (Fsp3) is 0.545. The molecule has 3 nitrogen and oxygen atoms in total. The number of likely N-dealkylation sites (tertiary alicyclic amines) is 1. The molecule has 1 atom stereocenters. The topological polar surface area (TPSA) is 25.4 Å². The lowest BCUT2D eigenvalue weighted by atomic mass is 10.2. The highest BCUT2D eigenvalue weighted by atomic mass is 35.5. The average molecular weight is 229 g/mol.